The van der Waals surface area contributed by atoms with Crippen LogP contribution in [0.1, 0.15) is 37.3 Å². The first kappa shape index (κ1) is 13.1. The topological polar surface area (TPSA) is 15.3 Å². The summed E-state index contributed by atoms with van der Waals surface area (Å²) < 4.78 is 0. The van der Waals surface area contributed by atoms with Crippen molar-refractivity contribution in [3.63, 3.8) is 0 Å². The number of likely N-dealkylation sites (N-methyl/N-ethyl adjacent to an activating group) is 1. The second kappa shape index (κ2) is 6.06. The summed E-state index contributed by atoms with van der Waals surface area (Å²) in [6, 6.07) is 10.5. The maximum absolute atomic E-state index is 3.77. The highest BCUT2D eigenvalue weighted by atomic mass is 15.2. The minimum Gasteiger partial charge on any atom is -0.312 e. The Labute approximate surface area is 117 Å². The number of hydrogen-bond donors (Lipinski definition) is 1. The smallest absolute Gasteiger partial charge is 0.0111 e. The van der Waals surface area contributed by atoms with E-state index in [2.05, 4.69) is 41.4 Å². The Balaban J connectivity index is 1.44. The minimum absolute atomic E-state index is 0.688. The largest absolute Gasteiger partial charge is 0.312 e. The molecule has 1 fully saturated rings. The third kappa shape index (κ3) is 3.37. The summed E-state index contributed by atoms with van der Waals surface area (Å²) >= 11 is 0. The van der Waals surface area contributed by atoms with Gasteiger partial charge in [-0.05, 0) is 49.8 Å². The summed E-state index contributed by atoms with van der Waals surface area (Å²) in [5.41, 5.74) is 3.12. The highest BCUT2D eigenvalue weighted by Crippen LogP contribution is 2.26. The Morgan fingerprint density at radius 2 is 1.95 bits per heavy atom. The molecule has 1 saturated carbocycles. The molecule has 1 aromatic rings. The number of fused-ring (bicyclic) bond motifs is 1. The van der Waals surface area contributed by atoms with Gasteiger partial charge in [-0.25, -0.2) is 0 Å². The molecule has 1 N–H and O–H groups in total. The lowest BCUT2D eigenvalue weighted by atomic mass is 9.88. The van der Waals surface area contributed by atoms with Crippen LogP contribution in [0.3, 0.4) is 0 Å². The molecule has 0 heterocycles. The molecule has 0 aromatic heterocycles. The second-order valence-corrected chi connectivity index (χ2v) is 6.02. The average Bonchev–Trinajstić information content (AvgIpc) is 3.28. The highest BCUT2D eigenvalue weighted by Gasteiger charge is 2.27. The molecule has 3 rings (SSSR count). The quantitative estimate of drug-likeness (QED) is 0.844. The maximum Gasteiger partial charge on any atom is 0.0111 e. The lowest BCUT2D eigenvalue weighted by Crippen LogP contribution is -2.40. The molecule has 0 radical (unpaired) electrons. The molecular weight excluding hydrogens is 232 g/mol. The summed E-state index contributed by atoms with van der Waals surface area (Å²) in [6.07, 6.45) is 6.60. The number of hydrogen-bond acceptors (Lipinski definition) is 2. The molecule has 2 heteroatoms. The number of benzene rings is 1. The summed E-state index contributed by atoms with van der Waals surface area (Å²) in [7, 11) is 0. The van der Waals surface area contributed by atoms with Gasteiger partial charge in [0.1, 0.15) is 0 Å². The Bertz CT molecular complexity index is 411. The summed E-state index contributed by atoms with van der Waals surface area (Å²) in [5.74, 6) is 0. The molecule has 0 aliphatic heterocycles. The van der Waals surface area contributed by atoms with Gasteiger partial charge < -0.3 is 5.32 Å². The number of rotatable bonds is 6. The molecular formula is C17H26N2. The van der Waals surface area contributed by atoms with Crippen LogP contribution in [0.2, 0.25) is 0 Å². The normalized spacial score (nSPS) is 22.5. The average molecular weight is 258 g/mol. The van der Waals surface area contributed by atoms with Gasteiger partial charge in [0.2, 0.25) is 0 Å². The first-order valence-corrected chi connectivity index (χ1v) is 7.91. The van der Waals surface area contributed by atoms with Gasteiger partial charge >= 0.3 is 0 Å². The monoisotopic (exact) mass is 258 g/mol. The van der Waals surface area contributed by atoms with Crippen LogP contribution in [0.25, 0.3) is 0 Å². The van der Waals surface area contributed by atoms with E-state index in [1.165, 1.54) is 45.2 Å². The second-order valence-electron chi connectivity index (χ2n) is 6.02. The third-order valence-corrected chi connectivity index (χ3v) is 4.65. The number of aryl methyl sites for hydroxylation is 1. The van der Waals surface area contributed by atoms with Crippen LogP contribution < -0.4 is 5.32 Å². The van der Waals surface area contributed by atoms with E-state index in [0.717, 1.165) is 12.6 Å². The van der Waals surface area contributed by atoms with Gasteiger partial charge in [-0.2, -0.15) is 0 Å². The van der Waals surface area contributed by atoms with Crippen molar-refractivity contribution in [1.29, 1.82) is 0 Å². The van der Waals surface area contributed by atoms with Crippen molar-refractivity contribution in [3.05, 3.63) is 35.4 Å². The van der Waals surface area contributed by atoms with Crippen LogP contribution in [-0.4, -0.2) is 36.6 Å². The molecule has 2 aliphatic carbocycles. The molecule has 0 amide bonds. The van der Waals surface area contributed by atoms with Crippen LogP contribution in [0.4, 0.5) is 0 Å². The van der Waals surface area contributed by atoms with Gasteiger partial charge in [0.05, 0.1) is 0 Å². The van der Waals surface area contributed by atoms with E-state index in [-0.39, 0.29) is 0 Å². The van der Waals surface area contributed by atoms with Gasteiger partial charge in [0.25, 0.3) is 0 Å². The molecule has 2 aliphatic rings. The molecule has 1 atom stereocenters. The first-order chi connectivity index (χ1) is 9.36. The van der Waals surface area contributed by atoms with E-state index in [1.54, 1.807) is 11.1 Å². The van der Waals surface area contributed by atoms with Crippen LogP contribution in [0.5, 0.6) is 0 Å². The maximum atomic E-state index is 3.77. The Hall–Kier alpha value is -0.860. The van der Waals surface area contributed by atoms with E-state index in [0.29, 0.717) is 6.04 Å². The molecule has 2 nitrogen and oxygen atoms in total. The third-order valence-electron chi connectivity index (χ3n) is 4.65. The predicted octanol–water partition coefficient (Wildman–Crippen LogP) is 2.62. The number of nitrogens with one attached hydrogen (secondary N) is 1. The fraction of sp³-hybridized carbons (Fsp3) is 0.647. The Kier molecular flexibility index (Phi) is 4.19. The fourth-order valence-corrected chi connectivity index (χ4v) is 3.32. The van der Waals surface area contributed by atoms with E-state index in [1.807, 2.05) is 0 Å². The van der Waals surface area contributed by atoms with Gasteiger partial charge in [-0.15, -0.1) is 0 Å². The predicted molar refractivity (Wildman–Crippen MR) is 80.5 cm³/mol. The van der Waals surface area contributed by atoms with E-state index in [4.69, 9.17) is 0 Å². The fourth-order valence-electron chi connectivity index (χ4n) is 3.32. The van der Waals surface area contributed by atoms with Crippen molar-refractivity contribution in [2.75, 3.05) is 19.6 Å². The van der Waals surface area contributed by atoms with Gasteiger partial charge in [0.15, 0.2) is 0 Å². The molecule has 0 spiro atoms. The Morgan fingerprint density at radius 1 is 1.16 bits per heavy atom. The molecule has 0 saturated heterocycles. The van der Waals surface area contributed by atoms with Gasteiger partial charge in [0, 0.05) is 25.2 Å². The van der Waals surface area contributed by atoms with Crippen LogP contribution in [0, 0.1) is 0 Å². The number of nitrogens with zero attached hydrogens (tertiary/aromatic N) is 1. The van der Waals surface area contributed by atoms with Gasteiger partial charge in [-0.3, -0.25) is 4.90 Å². The van der Waals surface area contributed by atoms with Crippen LogP contribution in [0.15, 0.2) is 24.3 Å². The zero-order valence-electron chi connectivity index (χ0n) is 12.1. The first-order valence-electron chi connectivity index (χ1n) is 7.91. The molecule has 0 bridgehead atoms. The van der Waals surface area contributed by atoms with E-state index < -0.39 is 0 Å². The molecule has 104 valence electrons. The van der Waals surface area contributed by atoms with Crippen LogP contribution >= 0.6 is 0 Å². The van der Waals surface area contributed by atoms with Crippen molar-refractivity contribution >= 4 is 0 Å². The molecule has 1 aromatic carbocycles. The molecule has 19 heavy (non-hydrogen) atoms. The van der Waals surface area contributed by atoms with Crippen molar-refractivity contribution < 1.29 is 0 Å². The van der Waals surface area contributed by atoms with E-state index >= 15 is 0 Å². The lowest BCUT2D eigenvalue weighted by molar-refractivity contribution is 0.270. The van der Waals surface area contributed by atoms with Crippen molar-refractivity contribution in [2.45, 2.75) is 51.1 Å². The van der Waals surface area contributed by atoms with E-state index in [9.17, 15) is 0 Å². The standard InChI is InChI=1S/C17H26N2/c1-2-19(17-9-10-17)12-11-18-16-8-7-14-5-3-4-6-15(14)13-16/h3-6,16-18H,2,7-13H2,1H3. The molecule has 1 unspecified atom stereocenters. The zero-order valence-corrected chi connectivity index (χ0v) is 12.1. The lowest BCUT2D eigenvalue weighted by Gasteiger charge is -2.27. The van der Waals surface area contributed by atoms with Gasteiger partial charge in [-0.1, -0.05) is 31.2 Å². The minimum atomic E-state index is 0.688. The summed E-state index contributed by atoms with van der Waals surface area (Å²) in [4.78, 5) is 2.63. The Morgan fingerprint density at radius 3 is 2.68 bits per heavy atom. The van der Waals surface area contributed by atoms with Crippen LogP contribution in [-0.2, 0) is 12.8 Å². The zero-order chi connectivity index (χ0) is 13.1. The summed E-state index contributed by atoms with van der Waals surface area (Å²) in [6.45, 7) is 5.87. The SMILES string of the molecule is CCN(CCNC1CCc2ccccc2C1)C1CC1. The summed E-state index contributed by atoms with van der Waals surface area (Å²) in [5, 5.41) is 3.77. The highest BCUT2D eigenvalue weighted by molar-refractivity contribution is 5.30. The van der Waals surface area contributed by atoms with Crippen molar-refractivity contribution in [3.8, 4) is 0 Å². The van der Waals surface area contributed by atoms with Crippen molar-refractivity contribution in [1.82, 2.24) is 10.2 Å². The van der Waals surface area contributed by atoms with Crippen molar-refractivity contribution in [2.24, 2.45) is 0 Å².